The lowest BCUT2D eigenvalue weighted by molar-refractivity contribution is 0.0953. The molecular weight excluding hydrogens is 274 g/mol. The number of aromatic nitrogens is 1. The van der Waals surface area contributed by atoms with Crippen LogP contribution in [0.1, 0.15) is 42.1 Å². The van der Waals surface area contributed by atoms with E-state index in [4.69, 9.17) is 0 Å². The van der Waals surface area contributed by atoms with Crippen LogP contribution in [0.5, 0.6) is 0 Å². The Morgan fingerprint density at radius 1 is 1.14 bits per heavy atom. The molecule has 1 aromatic carbocycles. The zero-order valence-corrected chi connectivity index (χ0v) is 13.0. The van der Waals surface area contributed by atoms with Crippen molar-refractivity contribution in [3.8, 4) is 0 Å². The molecular formula is C18H23N3O. The third-order valence-electron chi connectivity index (χ3n) is 3.40. The summed E-state index contributed by atoms with van der Waals surface area (Å²) in [7, 11) is 0. The fourth-order valence-corrected chi connectivity index (χ4v) is 2.14. The second kappa shape index (κ2) is 8.82. The van der Waals surface area contributed by atoms with Gasteiger partial charge in [0.2, 0.25) is 0 Å². The van der Waals surface area contributed by atoms with Crippen molar-refractivity contribution in [2.45, 2.75) is 32.7 Å². The molecule has 0 radical (unpaired) electrons. The molecule has 2 aromatic rings. The van der Waals surface area contributed by atoms with Crippen molar-refractivity contribution in [2.75, 3.05) is 11.9 Å². The fraction of sp³-hybridized carbons (Fsp3) is 0.333. The van der Waals surface area contributed by atoms with Gasteiger partial charge < -0.3 is 10.6 Å². The minimum absolute atomic E-state index is 0.0405. The van der Waals surface area contributed by atoms with E-state index in [1.54, 1.807) is 18.3 Å². The van der Waals surface area contributed by atoms with Gasteiger partial charge in [-0.2, -0.15) is 0 Å². The molecule has 4 heteroatoms. The quantitative estimate of drug-likeness (QED) is 0.732. The van der Waals surface area contributed by atoms with Crippen LogP contribution in [-0.2, 0) is 6.54 Å². The third-order valence-corrected chi connectivity index (χ3v) is 3.40. The van der Waals surface area contributed by atoms with E-state index in [0.717, 1.165) is 25.8 Å². The number of hydrogen-bond acceptors (Lipinski definition) is 3. The Labute approximate surface area is 132 Å². The van der Waals surface area contributed by atoms with Gasteiger partial charge in [-0.05, 0) is 24.1 Å². The van der Waals surface area contributed by atoms with Gasteiger partial charge >= 0.3 is 0 Å². The number of amides is 1. The Morgan fingerprint density at radius 3 is 2.73 bits per heavy atom. The first-order chi connectivity index (χ1) is 10.8. The summed E-state index contributed by atoms with van der Waals surface area (Å²) in [5.41, 5.74) is 1.82. The lowest BCUT2D eigenvalue weighted by Crippen LogP contribution is -2.24. The van der Waals surface area contributed by atoms with Crippen LogP contribution in [0.4, 0.5) is 5.82 Å². The molecule has 0 aliphatic rings. The van der Waals surface area contributed by atoms with E-state index in [0.29, 0.717) is 17.9 Å². The molecule has 1 heterocycles. The molecule has 0 aliphatic heterocycles. The predicted octanol–water partition coefficient (Wildman–Crippen LogP) is 3.61. The van der Waals surface area contributed by atoms with E-state index in [1.165, 1.54) is 5.56 Å². The first-order valence-corrected chi connectivity index (χ1v) is 7.81. The monoisotopic (exact) mass is 297 g/mol. The molecule has 0 atom stereocenters. The van der Waals surface area contributed by atoms with Crippen molar-refractivity contribution in [3.63, 3.8) is 0 Å². The highest BCUT2D eigenvalue weighted by molar-refractivity contribution is 5.94. The Bertz CT molecular complexity index is 584. The van der Waals surface area contributed by atoms with Crippen molar-refractivity contribution in [1.82, 2.24) is 10.3 Å². The van der Waals surface area contributed by atoms with Crippen molar-refractivity contribution >= 4 is 11.7 Å². The smallest absolute Gasteiger partial charge is 0.251 e. The summed E-state index contributed by atoms with van der Waals surface area (Å²) in [6.07, 6.45) is 4.97. The van der Waals surface area contributed by atoms with E-state index in [9.17, 15) is 4.79 Å². The molecule has 116 valence electrons. The minimum atomic E-state index is -0.0405. The number of rotatable bonds is 8. The van der Waals surface area contributed by atoms with E-state index in [-0.39, 0.29) is 5.91 Å². The maximum Gasteiger partial charge on any atom is 0.251 e. The van der Waals surface area contributed by atoms with E-state index >= 15 is 0 Å². The maximum atomic E-state index is 12.1. The maximum absolute atomic E-state index is 12.1. The minimum Gasteiger partial charge on any atom is -0.366 e. The van der Waals surface area contributed by atoms with Crippen molar-refractivity contribution < 1.29 is 4.79 Å². The lowest BCUT2D eigenvalue weighted by atomic mass is 10.2. The average molecular weight is 297 g/mol. The summed E-state index contributed by atoms with van der Waals surface area (Å²) in [6, 6.07) is 13.6. The highest BCUT2D eigenvalue weighted by Crippen LogP contribution is 2.09. The van der Waals surface area contributed by atoms with Gasteiger partial charge in [0, 0.05) is 24.8 Å². The van der Waals surface area contributed by atoms with Crippen LogP contribution in [0.2, 0.25) is 0 Å². The van der Waals surface area contributed by atoms with E-state index in [2.05, 4.69) is 34.7 Å². The molecule has 0 saturated heterocycles. The zero-order chi connectivity index (χ0) is 15.6. The first-order valence-electron chi connectivity index (χ1n) is 7.81. The van der Waals surface area contributed by atoms with Crippen LogP contribution in [0.15, 0.2) is 48.7 Å². The number of pyridine rings is 1. The van der Waals surface area contributed by atoms with Crippen molar-refractivity contribution in [3.05, 3.63) is 59.8 Å². The van der Waals surface area contributed by atoms with Crippen molar-refractivity contribution in [2.24, 2.45) is 0 Å². The van der Waals surface area contributed by atoms with Crippen LogP contribution < -0.4 is 10.6 Å². The summed E-state index contributed by atoms with van der Waals surface area (Å²) in [4.78, 5) is 16.3. The lowest BCUT2D eigenvalue weighted by Gasteiger charge is -2.08. The molecule has 0 aliphatic carbocycles. The SMILES string of the molecule is CCCCCNC(=O)c1ccnc(NCc2ccccc2)c1. The van der Waals surface area contributed by atoms with Gasteiger partial charge in [-0.15, -0.1) is 0 Å². The zero-order valence-electron chi connectivity index (χ0n) is 13.0. The third kappa shape index (κ3) is 5.20. The first kappa shape index (κ1) is 16.0. The van der Waals surface area contributed by atoms with Crippen LogP contribution in [0.3, 0.4) is 0 Å². The van der Waals surface area contributed by atoms with Gasteiger partial charge in [0.1, 0.15) is 5.82 Å². The van der Waals surface area contributed by atoms with Crippen molar-refractivity contribution in [1.29, 1.82) is 0 Å². The summed E-state index contributed by atoms with van der Waals surface area (Å²) in [5, 5.41) is 6.18. The predicted molar refractivity (Wildman–Crippen MR) is 89.9 cm³/mol. The van der Waals surface area contributed by atoms with Crippen LogP contribution in [0, 0.1) is 0 Å². The Hall–Kier alpha value is -2.36. The molecule has 4 nitrogen and oxygen atoms in total. The topological polar surface area (TPSA) is 54.0 Å². The number of nitrogens with zero attached hydrogens (tertiary/aromatic N) is 1. The average Bonchev–Trinajstić information content (AvgIpc) is 2.58. The Morgan fingerprint density at radius 2 is 1.95 bits per heavy atom. The van der Waals surface area contributed by atoms with Gasteiger partial charge in [-0.1, -0.05) is 50.1 Å². The standard InChI is InChI=1S/C18H23N3O/c1-2-3-7-11-20-18(22)16-10-12-19-17(13-16)21-14-15-8-5-4-6-9-15/h4-6,8-10,12-13H,2-3,7,11,14H2,1H3,(H,19,21)(H,20,22). The summed E-state index contributed by atoms with van der Waals surface area (Å²) < 4.78 is 0. The summed E-state index contributed by atoms with van der Waals surface area (Å²) >= 11 is 0. The summed E-state index contributed by atoms with van der Waals surface area (Å²) in [6.45, 7) is 3.56. The van der Waals surface area contributed by atoms with E-state index < -0.39 is 0 Å². The highest BCUT2D eigenvalue weighted by atomic mass is 16.1. The fourth-order valence-electron chi connectivity index (χ4n) is 2.14. The molecule has 1 aromatic heterocycles. The number of carbonyl (C=O) groups excluding carboxylic acids is 1. The Balaban J connectivity index is 1.87. The Kier molecular flexibility index (Phi) is 6.42. The second-order valence-electron chi connectivity index (χ2n) is 5.23. The number of benzene rings is 1. The van der Waals surface area contributed by atoms with Gasteiger partial charge in [0.05, 0.1) is 0 Å². The van der Waals surface area contributed by atoms with Gasteiger partial charge in [-0.25, -0.2) is 4.98 Å². The molecule has 1 amide bonds. The number of nitrogens with one attached hydrogen (secondary N) is 2. The van der Waals surface area contributed by atoms with Gasteiger partial charge in [0.25, 0.3) is 5.91 Å². The number of unbranched alkanes of at least 4 members (excludes halogenated alkanes) is 2. The van der Waals surface area contributed by atoms with Gasteiger partial charge in [-0.3, -0.25) is 4.79 Å². The normalized spacial score (nSPS) is 10.2. The molecule has 0 unspecified atom stereocenters. The number of hydrogen-bond donors (Lipinski definition) is 2. The molecule has 0 spiro atoms. The molecule has 0 saturated carbocycles. The molecule has 2 N–H and O–H groups in total. The second-order valence-corrected chi connectivity index (χ2v) is 5.23. The number of carbonyl (C=O) groups is 1. The molecule has 22 heavy (non-hydrogen) atoms. The van der Waals surface area contributed by atoms with Crippen LogP contribution >= 0.6 is 0 Å². The molecule has 0 fully saturated rings. The molecule has 0 bridgehead atoms. The van der Waals surface area contributed by atoms with E-state index in [1.807, 2.05) is 18.2 Å². The highest BCUT2D eigenvalue weighted by Gasteiger charge is 2.06. The van der Waals surface area contributed by atoms with Crippen LogP contribution in [0.25, 0.3) is 0 Å². The largest absolute Gasteiger partial charge is 0.366 e. The summed E-state index contributed by atoms with van der Waals surface area (Å²) in [5.74, 6) is 0.673. The van der Waals surface area contributed by atoms with Crippen LogP contribution in [-0.4, -0.2) is 17.4 Å². The van der Waals surface area contributed by atoms with Gasteiger partial charge in [0.15, 0.2) is 0 Å². The molecule has 2 rings (SSSR count). The number of anilines is 1.